The van der Waals surface area contributed by atoms with Gasteiger partial charge in [-0.05, 0) is 33.3 Å². The second-order valence-corrected chi connectivity index (χ2v) is 10.4. The highest BCUT2D eigenvalue weighted by molar-refractivity contribution is 6.63. The maximum atomic E-state index is 7.24. The van der Waals surface area contributed by atoms with E-state index in [4.69, 9.17) is 14.0 Å². The molecule has 0 atom stereocenters. The van der Waals surface area contributed by atoms with Crippen LogP contribution in [0, 0.1) is 0 Å². The van der Waals surface area contributed by atoms with Crippen LogP contribution >= 0.6 is 0 Å². The molecule has 4 heteroatoms. The number of rotatable bonds is 3. The third-order valence-electron chi connectivity index (χ3n) is 7.76. The number of hydrogen-bond acceptors (Lipinski definition) is 3. The Hall–Kier alpha value is -3.34. The van der Waals surface area contributed by atoms with Crippen LogP contribution in [0.3, 0.4) is 0 Å². The SMILES string of the molecule is CC1(C)OB(c2cccc3c2OC(c2ccccc2)(c2ccccc2)c2ccccc2-3)OC1(C)C. The van der Waals surface area contributed by atoms with E-state index in [0.717, 1.165) is 39.0 Å². The lowest BCUT2D eigenvalue weighted by molar-refractivity contribution is 0.00578. The van der Waals surface area contributed by atoms with Crippen molar-refractivity contribution in [3.05, 3.63) is 120 Å². The molecule has 2 aliphatic heterocycles. The molecule has 0 aliphatic carbocycles. The van der Waals surface area contributed by atoms with E-state index in [0.29, 0.717) is 0 Å². The first-order chi connectivity index (χ1) is 16.8. The first-order valence-corrected chi connectivity index (χ1v) is 12.2. The Morgan fingerprint density at radius 1 is 0.543 bits per heavy atom. The van der Waals surface area contributed by atoms with E-state index >= 15 is 0 Å². The van der Waals surface area contributed by atoms with Gasteiger partial charge in [-0.25, -0.2) is 0 Å². The van der Waals surface area contributed by atoms with Gasteiger partial charge >= 0.3 is 7.12 Å². The molecule has 1 saturated heterocycles. The maximum Gasteiger partial charge on any atom is 0.498 e. The molecule has 4 aromatic rings. The highest BCUT2D eigenvalue weighted by Gasteiger charge is 2.54. The van der Waals surface area contributed by atoms with Crippen molar-refractivity contribution in [1.82, 2.24) is 0 Å². The minimum Gasteiger partial charge on any atom is -0.473 e. The van der Waals surface area contributed by atoms with Crippen LogP contribution in [-0.2, 0) is 14.9 Å². The Bertz CT molecular complexity index is 1320. The fraction of sp³-hybridized carbons (Fsp3) is 0.226. The van der Waals surface area contributed by atoms with Gasteiger partial charge in [0.15, 0.2) is 5.60 Å². The number of fused-ring (bicyclic) bond motifs is 3. The second-order valence-electron chi connectivity index (χ2n) is 10.4. The van der Waals surface area contributed by atoms with Crippen molar-refractivity contribution >= 4 is 12.6 Å². The molecule has 0 aromatic heterocycles. The van der Waals surface area contributed by atoms with Crippen molar-refractivity contribution in [2.24, 2.45) is 0 Å². The molecule has 0 radical (unpaired) electrons. The summed E-state index contributed by atoms with van der Waals surface area (Å²) in [6, 6.07) is 35.8. The van der Waals surface area contributed by atoms with Crippen LogP contribution in [-0.4, -0.2) is 18.3 Å². The van der Waals surface area contributed by atoms with Gasteiger partial charge < -0.3 is 14.0 Å². The topological polar surface area (TPSA) is 27.7 Å². The van der Waals surface area contributed by atoms with E-state index in [2.05, 4.69) is 119 Å². The zero-order valence-electron chi connectivity index (χ0n) is 20.6. The molecule has 0 spiro atoms. The Labute approximate surface area is 207 Å². The van der Waals surface area contributed by atoms with Gasteiger partial charge in [0.2, 0.25) is 0 Å². The molecule has 2 heterocycles. The normalized spacial score (nSPS) is 18.9. The van der Waals surface area contributed by atoms with E-state index < -0.39 is 23.9 Å². The van der Waals surface area contributed by atoms with E-state index in [9.17, 15) is 0 Å². The molecule has 3 nitrogen and oxygen atoms in total. The zero-order chi connectivity index (χ0) is 24.3. The first-order valence-electron chi connectivity index (χ1n) is 12.2. The summed E-state index contributed by atoms with van der Waals surface area (Å²) in [6.45, 7) is 8.32. The molecular weight excluding hydrogens is 431 g/mol. The third-order valence-corrected chi connectivity index (χ3v) is 7.76. The van der Waals surface area contributed by atoms with E-state index in [-0.39, 0.29) is 0 Å². The van der Waals surface area contributed by atoms with Crippen molar-refractivity contribution < 1.29 is 14.0 Å². The van der Waals surface area contributed by atoms with Gasteiger partial charge in [0.1, 0.15) is 5.75 Å². The summed E-state index contributed by atoms with van der Waals surface area (Å²) < 4.78 is 20.2. The summed E-state index contributed by atoms with van der Waals surface area (Å²) in [5.74, 6) is 0.803. The monoisotopic (exact) mass is 460 g/mol. The first kappa shape index (κ1) is 22.1. The zero-order valence-corrected chi connectivity index (χ0v) is 20.6. The average molecular weight is 460 g/mol. The molecule has 2 aliphatic rings. The summed E-state index contributed by atoms with van der Waals surface area (Å²) in [5.41, 5.74) is 4.69. The van der Waals surface area contributed by atoms with Crippen LogP contribution < -0.4 is 10.2 Å². The highest BCUT2D eigenvalue weighted by Crippen LogP contribution is 2.51. The molecule has 0 N–H and O–H groups in total. The molecule has 4 aromatic carbocycles. The van der Waals surface area contributed by atoms with Gasteiger partial charge in [-0.15, -0.1) is 0 Å². The number of ether oxygens (including phenoxy) is 1. The summed E-state index contributed by atoms with van der Waals surface area (Å²) >= 11 is 0. The lowest BCUT2D eigenvalue weighted by Gasteiger charge is -2.42. The number of para-hydroxylation sites is 1. The standard InChI is InChI=1S/C31H29BO3/c1-29(2)30(3,4)35-32(34-29)27-21-13-19-25-24-18-11-12-20-26(24)31(33-28(25)27,22-14-7-5-8-15-22)23-16-9-6-10-17-23/h5-21H,1-4H3. The van der Waals surface area contributed by atoms with Crippen LogP contribution in [0.4, 0.5) is 0 Å². The smallest absolute Gasteiger partial charge is 0.473 e. The van der Waals surface area contributed by atoms with Gasteiger partial charge in [-0.2, -0.15) is 0 Å². The Balaban J connectivity index is 1.63. The maximum absolute atomic E-state index is 7.24. The Morgan fingerprint density at radius 3 is 1.66 bits per heavy atom. The molecular formula is C31H29BO3. The largest absolute Gasteiger partial charge is 0.498 e. The van der Waals surface area contributed by atoms with Gasteiger partial charge in [-0.1, -0.05) is 103 Å². The van der Waals surface area contributed by atoms with Crippen LogP contribution in [0.25, 0.3) is 11.1 Å². The van der Waals surface area contributed by atoms with Crippen molar-refractivity contribution in [1.29, 1.82) is 0 Å². The van der Waals surface area contributed by atoms with Crippen molar-refractivity contribution in [3.63, 3.8) is 0 Å². The van der Waals surface area contributed by atoms with Crippen molar-refractivity contribution in [3.8, 4) is 16.9 Å². The molecule has 174 valence electrons. The molecule has 0 saturated carbocycles. The number of hydrogen-bond donors (Lipinski definition) is 0. The minimum atomic E-state index is -0.814. The fourth-order valence-corrected chi connectivity index (χ4v) is 5.21. The summed E-state index contributed by atoms with van der Waals surface area (Å²) in [5, 5.41) is 0. The molecule has 0 amide bonds. The van der Waals surface area contributed by atoms with Crippen molar-refractivity contribution in [2.75, 3.05) is 0 Å². The highest BCUT2D eigenvalue weighted by atomic mass is 16.7. The quantitative estimate of drug-likeness (QED) is 0.334. The van der Waals surface area contributed by atoms with Gasteiger partial charge in [0.05, 0.1) is 11.2 Å². The molecule has 0 unspecified atom stereocenters. The summed E-state index contributed by atoms with van der Waals surface area (Å²) in [7, 11) is -0.524. The predicted molar refractivity (Wildman–Crippen MR) is 141 cm³/mol. The number of benzene rings is 4. The molecule has 35 heavy (non-hydrogen) atoms. The molecule has 6 rings (SSSR count). The van der Waals surface area contributed by atoms with Crippen LogP contribution in [0.1, 0.15) is 44.4 Å². The summed E-state index contributed by atoms with van der Waals surface area (Å²) in [4.78, 5) is 0. The van der Waals surface area contributed by atoms with Crippen molar-refractivity contribution in [2.45, 2.75) is 44.5 Å². The Morgan fingerprint density at radius 2 is 1.06 bits per heavy atom. The van der Waals surface area contributed by atoms with Crippen LogP contribution in [0.15, 0.2) is 103 Å². The third kappa shape index (κ3) is 3.28. The lowest BCUT2D eigenvalue weighted by Crippen LogP contribution is -2.43. The Kier molecular flexibility index (Phi) is 4.96. The summed E-state index contributed by atoms with van der Waals surface area (Å²) in [6.07, 6.45) is 0. The predicted octanol–water partition coefficient (Wildman–Crippen LogP) is 6.34. The molecule has 1 fully saturated rings. The van der Waals surface area contributed by atoms with Crippen LogP contribution in [0.2, 0.25) is 0 Å². The van der Waals surface area contributed by atoms with Gasteiger partial charge in [0, 0.05) is 27.7 Å². The second kappa shape index (κ2) is 7.84. The minimum absolute atomic E-state index is 0.442. The fourth-order valence-electron chi connectivity index (χ4n) is 5.21. The molecule has 0 bridgehead atoms. The van der Waals surface area contributed by atoms with Gasteiger partial charge in [0.25, 0.3) is 0 Å². The van der Waals surface area contributed by atoms with E-state index in [1.807, 2.05) is 12.1 Å². The van der Waals surface area contributed by atoms with E-state index in [1.54, 1.807) is 0 Å². The van der Waals surface area contributed by atoms with E-state index in [1.165, 1.54) is 0 Å². The average Bonchev–Trinajstić information content (AvgIpc) is 3.10. The lowest BCUT2D eigenvalue weighted by atomic mass is 9.71. The van der Waals surface area contributed by atoms with Gasteiger partial charge in [-0.3, -0.25) is 0 Å². The van der Waals surface area contributed by atoms with Crippen LogP contribution in [0.5, 0.6) is 5.75 Å².